The number of aromatic nitrogens is 1. The Hall–Kier alpha value is -3.75. The number of rotatable bonds is 11. The van der Waals surface area contributed by atoms with Crippen LogP contribution in [0.5, 0.6) is 0 Å². The third-order valence-electron chi connectivity index (χ3n) is 6.69. The van der Waals surface area contributed by atoms with Crippen molar-refractivity contribution in [3.05, 3.63) is 90.3 Å². The second-order valence-electron chi connectivity index (χ2n) is 10.9. The number of alkyl carbamates (subject to hydrolysis) is 1. The van der Waals surface area contributed by atoms with Crippen molar-refractivity contribution in [2.75, 3.05) is 7.11 Å². The smallest absolute Gasteiger partial charge is 0.407 e. The quantitative estimate of drug-likeness (QED) is 0.297. The number of hydrogen-bond acceptors (Lipinski definition) is 6. The molecule has 4 atom stereocenters. The first kappa shape index (κ1) is 29.8. The van der Waals surface area contributed by atoms with Gasteiger partial charge in [-0.2, -0.15) is 0 Å². The van der Waals surface area contributed by atoms with Crippen molar-refractivity contribution in [1.82, 2.24) is 15.6 Å². The summed E-state index contributed by atoms with van der Waals surface area (Å²) in [7, 11) is 1.26. The Labute approximate surface area is 231 Å². The van der Waals surface area contributed by atoms with Gasteiger partial charge in [-0.05, 0) is 53.0 Å². The number of benzene rings is 2. The van der Waals surface area contributed by atoms with Crippen molar-refractivity contribution < 1.29 is 19.4 Å². The van der Waals surface area contributed by atoms with Gasteiger partial charge in [0.2, 0.25) is 5.91 Å². The van der Waals surface area contributed by atoms with Gasteiger partial charge in [-0.15, -0.1) is 0 Å². The van der Waals surface area contributed by atoms with E-state index in [1.807, 2.05) is 93.7 Å². The van der Waals surface area contributed by atoms with Gasteiger partial charge < -0.3 is 26.2 Å². The zero-order valence-corrected chi connectivity index (χ0v) is 23.1. The molecule has 0 spiro atoms. The van der Waals surface area contributed by atoms with Crippen molar-refractivity contribution in [2.24, 2.45) is 11.1 Å². The molecule has 3 rings (SSSR count). The lowest BCUT2D eigenvalue weighted by molar-refractivity contribution is -0.126. The van der Waals surface area contributed by atoms with Crippen molar-refractivity contribution >= 4 is 12.0 Å². The first-order valence-corrected chi connectivity index (χ1v) is 13.2. The number of nitrogens with two attached hydrogens (primary N) is 1. The molecule has 0 aliphatic heterocycles. The van der Waals surface area contributed by atoms with Crippen molar-refractivity contribution in [1.29, 1.82) is 0 Å². The molecule has 0 aliphatic carbocycles. The van der Waals surface area contributed by atoms with E-state index in [0.29, 0.717) is 12.8 Å². The van der Waals surface area contributed by atoms with E-state index in [1.54, 1.807) is 6.20 Å². The number of carbonyl (C=O) groups excluding carboxylic acids is 2. The Morgan fingerprint density at radius 1 is 0.923 bits per heavy atom. The Morgan fingerprint density at radius 2 is 1.59 bits per heavy atom. The van der Waals surface area contributed by atoms with Crippen LogP contribution in [0.25, 0.3) is 11.1 Å². The fraction of sp³-hybridized carbons (Fsp3) is 0.387. The fourth-order valence-corrected chi connectivity index (χ4v) is 4.47. The summed E-state index contributed by atoms with van der Waals surface area (Å²) in [6.45, 7) is 5.60. The van der Waals surface area contributed by atoms with Gasteiger partial charge in [0.25, 0.3) is 0 Å². The standard InChI is InChI=1S/C31H40N4O4/c1-31(2,3)28(35-30(38)39-4)29(37)34-25(19-27(36)26(32)18-21-9-6-5-7-10-21)17-22-12-14-23(15-13-22)24-11-8-16-33-20-24/h5-16,20,25-28,36H,17-19,32H2,1-4H3,(H,34,37)(H,35,38)/t25-,26-,27-,28+/m0/s1. The number of aliphatic hydroxyl groups excluding tert-OH is 1. The molecule has 3 aromatic rings. The average Bonchev–Trinajstić information content (AvgIpc) is 2.92. The molecule has 8 heteroatoms. The Bertz CT molecular complexity index is 1180. The number of methoxy groups -OCH3 is 1. The molecule has 0 saturated carbocycles. The zero-order valence-electron chi connectivity index (χ0n) is 23.1. The molecule has 0 aliphatic rings. The zero-order chi connectivity index (χ0) is 28.4. The molecule has 5 N–H and O–H groups in total. The number of carbonyl (C=O) groups is 2. The Balaban J connectivity index is 1.78. The van der Waals surface area contributed by atoms with Gasteiger partial charge in [0, 0.05) is 24.5 Å². The highest BCUT2D eigenvalue weighted by molar-refractivity contribution is 5.86. The third-order valence-corrected chi connectivity index (χ3v) is 6.69. The third kappa shape index (κ3) is 9.19. The van der Waals surface area contributed by atoms with Crippen LogP contribution in [-0.4, -0.2) is 53.4 Å². The number of amides is 2. The van der Waals surface area contributed by atoms with E-state index < -0.39 is 35.7 Å². The van der Waals surface area contributed by atoms with Crippen LogP contribution in [-0.2, 0) is 22.4 Å². The van der Waals surface area contributed by atoms with Gasteiger partial charge in [0.1, 0.15) is 6.04 Å². The summed E-state index contributed by atoms with van der Waals surface area (Å²) in [6.07, 6.45) is 3.24. The predicted molar refractivity (Wildman–Crippen MR) is 153 cm³/mol. The molecule has 2 amide bonds. The van der Waals surface area contributed by atoms with E-state index in [2.05, 4.69) is 15.6 Å². The summed E-state index contributed by atoms with van der Waals surface area (Å²) < 4.78 is 4.74. The highest BCUT2D eigenvalue weighted by Gasteiger charge is 2.34. The summed E-state index contributed by atoms with van der Waals surface area (Å²) in [5, 5.41) is 16.7. The minimum atomic E-state index is -0.855. The monoisotopic (exact) mass is 532 g/mol. The molecule has 0 bridgehead atoms. The van der Waals surface area contributed by atoms with Crippen molar-refractivity contribution in [3.63, 3.8) is 0 Å². The normalized spacial score (nSPS) is 14.5. The highest BCUT2D eigenvalue weighted by atomic mass is 16.5. The van der Waals surface area contributed by atoms with Gasteiger partial charge in [0.05, 0.1) is 13.2 Å². The summed E-state index contributed by atoms with van der Waals surface area (Å²) in [6, 6.07) is 19.9. The molecule has 39 heavy (non-hydrogen) atoms. The van der Waals surface area contributed by atoms with Gasteiger partial charge >= 0.3 is 6.09 Å². The van der Waals surface area contributed by atoms with Crippen LogP contribution in [0.4, 0.5) is 4.79 Å². The van der Waals surface area contributed by atoms with E-state index in [9.17, 15) is 14.7 Å². The molecule has 0 unspecified atom stereocenters. The Kier molecular flexibility index (Phi) is 10.6. The lowest BCUT2D eigenvalue weighted by atomic mass is 9.85. The molecular weight excluding hydrogens is 492 g/mol. The maximum absolute atomic E-state index is 13.4. The van der Waals surface area contributed by atoms with Crippen LogP contribution >= 0.6 is 0 Å². The first-order chi connectivity index (χ1) is 18.6. The molecule has 0 radical (unpaired) electrons. The molecule has 1 heterocycles. The first-order valence-electron chi connectivity index (χ1n) is 13.2. The van der Waals surface area contributed by atoms with Crippen molar-refractivity contribution in [2.45, 2.75) is 64.3 Å². The summed E-state index contributed by atoms with van der Waals surface area (Å²) in [5.74, 6) is -0.353. The van der Waals surface area contributed by atoms with Gasteiger partial charge in [-0.25, -0.2) is 4.79 Å². The maximum atomic E-state index is 13.4. The maximum Gasteiger partial charge on any atom is 0.407 e. The van der Waals surface area contributed by atoms with Crippen LogP contribution < -0.4 is 16.4 Å². The molecule has 208 valence electrons. The van der Waals surface area contributed by atoms with Gasteiger partial charge in [-0.1, -0.05) is 81.4 Å². The molecular formula is C31H40N4O4. The molecule has 2 aromatic carbocycles. The van der Waals surface area contributed by atoms with E-state index >= 15 is 0 Å². The van der Waals surface area contributed by atoms with Crippen LogP contribution in [0.15, 0.2) is 79.1 Å². The molecule has 0 fully saturated rings. The minimum Gasteiger partial charge on any atom is -0.453 e. The lowest BCUT2D eigenvalue weighted by Crippen LogP contribution is -2.56. The molecule has 8 nitrogen and oxygen atoms in total. The lowest BCUT2D eigenvalue weighted by Gasteiger charge is -2.32. The summed E-state index contributed by atoms with van der Waals surface area (Å²) >= 11 is 0. The topological polar surface area (TPSA) is 127 Å². The highest BCUT2D eigenvalue weighted by Crippen LogP contribution is 2.22. The van der Waals surface area contributed by atoms with Gasteiger partial charge in [-0.3, -0.25) is 9.78 Å². The predicted octanol–water partition coefficient (Wildman–Crippen LogP) is 3.87. The van der Waals surface area contributed by atoms with Crippen LogP contribution in [0, 0.1) is 5.41 Å². The van der Waals surface area contributed by atoms with Crippen LogP contribution in [0.1, 0.15) is 38.3 Å². The largest absolute Gasteiger partial charge is 0.453 e. The molecule has 0 saturated heterocycles. The summed E-state index contributed by atoms with van der Waals surface area (Å²) in [4.78, 5) is 29.6. The van der Waals surface area contributed by atoms with Crippen LogP contribution in [0.3, 0.4) is 0 Å². The number of hydrogen-bond donors (Lipinski definition) is 4. The van der Waals surface area contributed by atoms with E-state index in [1.165, 1.54) is 7.11 Å². The number of pyridine rings is 1. The average molecular weight is 533 g/mol. The van der Waals surface area contributed by atoms with Crippen LogP contribution in [0.2, 0.25) is 0 Å². The minimum absolute atomic E-state index is 0.249. The summed E-state index contributed by atoms with van der Waals surface area (Å²) in [5.41, 5.74) is 9.87. The SMILES string of the molecule is COC(=O)N[C@H](C(=O)N[C@@H](Cc1ccc(-c2cccnc2)cc1)C[C@H](O)[C@@H](N)Cc1ccccc1)C(C)(C)C. The Morgan fingerprint density at radius 3 is 2.18 bits per heavy atom. The number of nitrogens with one attached hydrogen (secondary N) is 2. The van der Waals surface area contributed by atoms with Gasteiger partial charge in [0.15, 0.2) is 0 Å². The van der Waals surface area contributed by atoms with E-state index in [0.717, 1.165) is 22.3 Å². The number of aliphatic hydroxyl groups is 1. The molecule has 1 aromatic heterocycles. The van der Waals surface area contributed by atoms with E-state index in [4.69, 9.17) is 10.5 Å². The number of nitrogens with zero attached hydrogens (tertiary/aromatic N) is 1. The number of ether oxygens (including phenoxy) is 1. The second kappa shape index (κ2) is 13.9. The fourth-order valence-electron chi connectivity index (χ4n) is 4.47. The van der Waals surface area contributed by atoms with E-state index in [-0.39, 0.29) is 12.3 Å². The second-order valence-corrected chi connectivity index (χ2v) is 10.9. The van der Waals surface area contributed by atoms with Crippen molar-refractivity contribution in [3.8, 4) is 11.1 Å².